The predicted octanol–water partition coefficient (Wildman–Crippen LogP) is 4.78. The van der Waals surface area contributed by atoms with E-state index in [1.54, 1.807) is 19.1 Å². The minimum Gasteiger partial charge on any atom is -0.481 e. The van der Waals surface area contributed by atoms with Crippen LogP contribution in [0.5, 0.6) is 5.75 Å². The Hall–Kier alpha value is -3.08. The Morgan fingerprint density at radius 2 is 1.71 bits per heavy atom. The largest absolute Gasteiger partial charge is 0.481 e. The SMILES string of the molecule is CCOC(=O)COc1c(C)cc(C(=O)c2c(CC)oc3ccccc23)cc1C. The summed E-state index contributed by atoms with van der Waals surface area (Å²) in [6.07, 6.45) is 0.633. The fourth-order valence-corrected chi connectivity index (χ4v) is 3.38. The summed E-state index contributed by atoms with van der Waals surface area (Å²) in [6.45, 7) is 7.59. The van der Waals surface area contributed by atoms with Crippen LogP contribution in [0.3, 0.4) is 0 Å². The molecule has 146 valence electrons. The van der Waals surface area contributed by atoms with E-state index in [4.69, 9.17) is 13.9 Å². The minimum absolute atomic E-state index is 0.0788. The van der Waals surface area contributed by atoms with Crippen molar-refractivity contribution in [3.05, 3.63) is 64.4 Å². The second kappa shape index (κ2) is 8.30. The summed E-state index contributed by atoms with van der Waals surface area (Å²) in [6, 6.07) is 11.1. The highest BCUT2D eigenvalue weighted by molar-refractivity contribution is 6.17. The van der Waals surface area contributed by atoms with Crippen LogP contribution >= 0.6 is 0 Å². The van der Waals surface area contributed by atoms with Crippen molar-refractivity contribution in [1.82, 2.24) is 0 Å². The Morgan fingerprint density at radius 1 is 1.04 bits per heavy atom. The van der Waals surface area contributed by atoms with Gasteiger partial charge >= 0.3 is 5.97 Å². The van der Waals surface area contributed by atoms with Gasteiger partial charge in [0.15, 0.2) is 12.4 Å². The molecule has 0 saturated carbocycles. The zero-order valence-corrected chi connectivity index (χ0v) is 16.6. The topological polar surface area (TPSA) is 65.7 Å². The molecule has 3 aromatic rings. The zero-order chi connectivity index (χ0) is 20.3. The number of rotatable bonds is 7. The number of ketones is 1. The maximum absolute atomic E-state index is 13.3. The monoisotopic (exact) mass is 380 g/mol. The van der Waals surface area contributed by atoms with Crippen LogP contribution in [-0.4, -0.2) is 25.0 Å². The van der Waals surface area contributed by atoms with E-state index in [0.29, 0.717) is 41.2 Å². The molecule has 0 bridgehead atoms. The number of esters is 1. The number of aryl methyl sites for hydroxylation is 3. The second-order valence-corrected chi connectivity index (χ2v) is 6.61. The first kappa shape index (κ1) is 19.7. The normalized spacial score (nSPS) is 10.9. The highest BCUT2D eigenvalue weighted by atomic mass is 16.6. The molecule has 3 rings (SSSR count). The van der Waals surface area contributed by atoms with Gasteiger partial charge in [0.1, 0.15) is 17.1 Å². The van der Waals surface area contributed by atoms with Crippen LogP contribution in [0.2, 0.25) is 0 Å². The van der Waals surface area contributed by atoms with Crippen molar-refractivity contribution in [2.75, 3.05) is 13.2 Å². The summed E-state index contributed by atoms with van der Waals surface area (Å²) in [5.41, 5.74) is 3.47. The number of fused-ring (bicyclic) bond motifs is 1. The molecule has 0 atom stereocenters. The van der Waals surface area contributed by atoms with Crippen molar-refractivity contribution in [3.8, 4) is 5.75 Å². The van der Waals surface area contributed by atoms with Gasteiger partial charge in [0.25, 0.3) is 0 Å². The lowest BCUT2D eigenvalue weighted by Gasteiger charge is -2.13. The van der Waals surface area contributed by atoms with Crippen molar-refractivity contribution in [1.29, 1.82) is 0 Å². The van der Waals surface area contributed by atoms with Gasteiger partial charge in [-0.2, -0.15) is 0 Å². The van der Waals surface area contributed by atoms with E-state index in [0.717, 1.165) is 16.5 Å². The van der Waals surface area contributed by atoms with Crippen LogP contribution in [0, 0.1) is 13.8 Å². The molecule has 28 heavy (non-hydrogen) atoms. The average molecular weight is 380 g/mol. The highest BCUT2D eigenvalue weighted by Gasteiger charge is 2.22. The van der Waals surface area contributed by atoms with Crippen molar-refractivity contribution < 1.29 is 23.5 Å². The molecule has 0 saturated heterocycles. The first-order valence-corrected chi connectivity index (χ1v) is 9.41. The number of hydrogen-bond donors (Lipinski definition) is 0. The number of para-hydroxylation sites is 1. The van der Waals surface area contributed by atoms with Gasteiger partial charge < -0.3 is 13.9 Å². The third-order valence-electron chi connectivity index (χ3n) is 4.58. The van der Waals surface area contributed by atoms with Gasteiger partial charge in [-0.25, -0.2) is 4.79 Å². The van der Waals surface area contributed by atoms with E-state index < -0.39 is 5.97 Å². The number of carbonyl (C=O) groups excluding carboxylic acids is 2. The van der Waals surface area contributed by atoms with Crippen LogP contribution in [-0.2, 0) is 16.0 Å². The zero-order valence-electron chi connectivity index (χ0n) is 16.6. The van der Waals surface area contributed by atoms with Gasteiger partial charge in [-0.1, -0.05) is 25.1 Å². The van der Waals surface area contributed by atoms with Crippen LogP contribution in [0.15, 0.2) is 40.8 Å². The molecule has 1 aromatic heterocycles. The van der Waals surface area contributed by atoms with Gasteiger partial charge in [-0.05, 0) is 50.1 Å². The molecule has 0 fully saturated rings. The molecule has 0 aliphatic carbocycles. The number of furan rings is 1. The molecule has 0 unspecified atom stereocenters. The molecule has 0 spiro atoms. The lowest BCUT2D eigenvalue weighted by Crippen LogP contribution is -2.15. The molecule has 0 amide bonds. The van der Waals surface area contributed by atoms with Crippen molar-refractivity contribution in [2.45, 2.75) is 34.1 Å². The summed E-state index contributed by atoms with van der Waals surface area (Å²) < 4.78 is 16.4. The van der Waals surface area contributed by atoms with Crippen LogP contribution in [0.1, 0.15) is 46.7 Å². The van der Waals surface area contributed by atoms with Crippen LogP contribution in [0.4, 0.5) is 0 Å². The second-order valence-electron chi connectivity index (χ2n) is 6.61. The maximum Gasteiger partial charge on any atom is 0.344 e. The number of carbonyl (C=O) groups is 2. The maximum atomic E-state index is 13.3. The quantitative estimate of drug-likeness (QED) is 0.436. The molecule has 5 nitrogen and oxygen atoms in total. The molecule has 0 N–H and O–H groups in total. The molecular weight excluding hydrogens is 356 g/mol. The Balaban J connectivity index is 1.95. The van der Waals surface area contributed by atoms with E-state index >= 15 is 0 Å². The average Bonchev–Trinajstić information content (AvgIpc) is 3.05. The van der Waals surface area contributed by atoms with Gasteiger partial charge in [0.2, 0.25) is 0 Å². The van der Waals surface area contributed by atoms with Crippen molar-refractivity contribution in [2.24, 2.45) is 0 Å². The van der Waals surface area contributed by atoms with Gasteiger partial charge in [-0.15, -0.1) is 0 Å². The Kier molecular flexibility index (Phi) is 5.83. The molecule has 0 aliphatic heterocycles. The Bertz CT molecular complexity index is 1010. The van der Waals surface area contributed by atoms with E-state index in [-0.39, 0.29) is 12.4 Å². The summed E-state index contributed by atoms with van der Waals surface area (Å²) in [5, 5.41) is 0.822. The van der Waals surface area contributed by atoms with Gasteiger partial charge in [0.05, 0.1) is 12.2 Å². The highest BCUT2D eigenvalue weighted by Crippen LogP contribution is 2.31. The smallest absolute Gasteiger partial charge is 0.344 e. The summed E-state index contributed by atoms with van der Waals surface area (Å²) in [7, 11) is 0. The predicted molar refractivity (Wildman–Crippen MR) is 107 cm³/mol. The van der Waals surface area contributed by atoms with E-state index in [1.165, 1.54) is 0 Å². The summed E-state index contributed by atoms with van der Waals surface area (Å²) in [4.78, 5) is 24.8. The third-order valence-corrected chi connectivity index (χ3v) is 4.58. The van der Waals surface area contributed by atoms with E-state index in [2.05, 4.69) is 0 Å². The fraction of sp³-hybridized carbons (Fsp3) is 0.304. The van der Waals surface area contributed by atoms with Gasteiger partial charge in [0, 0.05) is 17.4 Å². The molecule has 0 aliphatic rings. The first-order valence-electron chi connectivity index (χ1n) is 9.41. The van der Waals surface area contributed by atoms with Crippen LogP contribution < -0.4 is 4.74 Å². The van der Waals surface area contributed by atoms with Gasteiger partial charge in [-0.3, -0.25) is 4.79 Å². The van der Waals surface area contributed by atoms with Crippen LogP contribution in [0.25, 0.3) is 11.0 Å². The number of ether oxygens (including phenoxy) is 2. The standard InChI is InChI=1S/C23H24O5/c1-5-18-21(17-9-7-8-10-19(17)28-18)22(25)16-11-14(3)23(15(4)12-16)27-13-20(24)26-6-2/h7-12H,5-6,13H2,1-4H3. The molecule has 1 heterocycles. The number of hydrogen-bond acceptors (Lipinski definition) is 5. The molecule has 0 radical (unpaired) electrons. The number of benzene rings is 2. The minimum atomic E-state index is -0.418. The fourth-order valence-electron chi connectivity index (χ4n) is 3.38. The lowest BCUT2D eigenvalue weighted by molar-refractivity contribution is -0.145. The Morgan fingerprint density at radius 3 is 2.36 bits per heavy atom. The lowest BCUT2D eigenvalue weighted by atomic mass is 9.96. The van der Waals surface area contributed by atoms with Crippen molar-refractivity contribution >= 4 is 22.7 Å². The molecular formula is C23H24O5. The Labute approximate surface area is 164 Å². The summed E-state index contributed by atoms with van der Waals surface area (Å²) in [5.74, 6) is 0.783. The van der Waals surface area contributed by atoms with E-state index in [9.17, 15) is 9.59 Å². The van der Waals surface area contributed by atoms with Crippen molar-refractivity contribution in [3.63, 3.8) is 0 Å². The third kappa shape index (κ3) is 3.79. The molecule has 2 aromatic carbocycles. The molecule has 5 heteroatoms. The summed E-state index contributed by atoms with van der Waals surface area (Å²) >= 11 is 0. The first-order chi connectivity index (χ1) is 13.5. The van der Waals surface area contributed by atoms with E-state index in [1.807, 2.05) is 45.0 Å².